The molecule has 1 amide bonds. The molecule has 4 heteroatoms. The molecule has 1 aromatic carbocycles. The predicted octanol–water partition coefficient (Wildman–Crippen LogP) is 3.15. The Balaban J connectivity index is 1.98. The van der Waals surface area contributed by atoms with Crippen molar-refractivity contribution in [1.29, 1.82) is 0 Å². The second kappa shape index (κ2) is 5.90. The molecule has 1 heterocycles. The summed E-state index contributed by atoms with van der Waals surface area (Å²) in [7, 11) is 0. The van der Waals surface area contributed by atoms with Gasteiger partial charge in [0.1, 0.15) is 0 Å². The van der Waals surface area contributed by atoms with Crippen molar-refractivity contribution in [2.24, 2.45) is 0 Å². The second-order valence-corrected chi connectivity index (χ2v) is 5.22. The van der Waals surface area contributed by atoms with Crippen molar-refractivity contribution in [3.63, 3.8) is 0 Å². The molecular formula is C16H21N3O. The normalized spacial score (nSPS) is 10.6. The van der Waals surface area contributed by atoms with Crippen LogP contribution in [0.1, 0.15) is 28.9 Å². The van der Waals surface area contributed by atoms with Crippen molar-refractivity contribution in [3.05, 3.63) is 46.8 Å². The van der Waals surface area contributed by atoms with Crippen LogP contribution in [0.3, 0.4) is 0 Å². The quantitative estimate of drug-likeness (QED) is 0.928. The van der Waals surface area contributed by atoms with Gasteiger partial charge in [0.2, 0.25) is 5.91 Å². The average molecular weight is 271 g/mol. The fourth-order valence-corrected chi connectivity index (χ4v) is 2.32. The molecule has 1 N–H and O–H groups in total. The van der Waals surface area contributed by atoms with Crippen LogP contribution in [0.4, 0.5) is 5.69 Å². The van der Waals surface area contributed by atoms with E-state index in [-0.39, 0.29) is 5.91 Å². The van der Waals surface area contributed by atoms with Gasteiger partial charge in [-0.15, -0.1) is 0 Å². The first kappa shape index (κ1) is 14.3. The number of nitrogens with one attached hydrogen (secondary N) is 1. The molecule has 20 heavy (non-hydrogen) atoms. The van der Waals surface area contributed by atoms with Crippen LogP contribution in [-0.2, 0) is 11.3 Å². The molecule has 0 radical (unpaired) electrons. The molecule has 2 rings (SSSR count). The first-order chi connectivity index (χ1) is 9.47. The molecule has 0 spiro atoms. The summed E-state index contributed by atoms with van der Waals surface area (Å²) in [6, 6.07) is 8.02. The van der Waals surface area contributed by atoms with Crippen molar-refractivity contribution in [3.8, 4) is 0 Å². The zero-order chi connectivity index (χ0) is 14.7. The van der Waals surface area contributed by atoms with E-state index >= 15 is 0 Å². The van der Waals surface area contributed by atoms with Crippen LogP contribution in [0.15, 0.2) is 24.3 Å². The standard InChI is InChI=1S/C16H21N3O/c1-11-6-5-7-12(2)16(11)17-15(20)8-9-19-14(4)10-13(3)18-19/h5-7,10H,8-9H2,1-4H3,(H,17,20). The average Bonchev–Trinajstić information content (AvgIpc) is 2.70. The number of carbonyl (C=O) groups excluding carboxylic acids is 1. The summed E-state index contributed by atoms with van der Waals surface area (Å²) in [5.41, 5.74) is 5.17. The van der Waals surface area contributed by atoms with Crippen molar-refractivity contribution in [1.82, 2.24) is 9.78 Å². The number of nitrogens with zero attached hydrogens (tertiary/aromatic N) is 2. The maximum absolute atomic E-state index is 12.1. The van der Waals surface area contributed by atoms with E-state index in [0.717, 1.165) is 28.2 Å². The number of carbonyl (C=O) groups is 1. The van der Waals surface area contributed by atoms with Gasteiger partial charge in [0.05, 0.1) is 5.69 Å². The van der Waals surface area contributed by atoms with Gasteiger partial charge in [0.25, 0.3) is 0 Å². The molecule has 4 nitrogen and oxygen atoms in total. The topological polar surface area (TPSA) is 46.9 Å². The summed E-state index contributed by atoms with van der Waals surface area (Å²) in [6.45, 7) is 8.58. The summed E-state index contributed by atoms with van der Waals surface area (Å²) in [5, 5.41) is 7.36. The number of hydrogen-bond acceptors (Lipinski definition) is 2. The Morgan fingerprint density at radius 2 is 1.85 bits per heavy atom. The Bertz CT molecular complexity index is 608. The molecular weight excluding hydrogens is 250 g/mol. The lowest BCUT2D eigenvalue weighted by Gasteiger charge is -2.11. The van der Waals surface area contributed by atoms with Crippen LogP contribution in [-0.4, -0.2) is 15.7 Å². The minimum absolute atomic E-state index is 0.0231. The van der Waals surface area contributed by atoms with Crippen LogP contribution in [0.5, 0.6) is 0 Å². The SMILES string of the molecule is Cc1cc(C)n(CCC(=O)Nc2c(C)cccc2C)n1. The van der Waals surface area contributed by atoms with Gasteiger partial charge in [-0.1, -0.05) is 18.2 Å². The molecule has 2 aromatic rings. The summed E-state index contributed by atoms with van der Waals surface area (Å²) in [6.07, 6.45) is 0.426. The van der Waals surface area contributed by atoms with E-state index in [1.807, 2.05) is 56.6 Å². The highest BCUT2D eigenvalue weighted by atomic mass is 16.1. The zero-order valence-corrected chi connectivity index (χ0v) is 12.5. The first-order valence-corrected chi connectivity index (χ1v) is 6.84. The van der Waals surface area contributed by atoms with Crippen LogP contribution < -0.4 is 5.32 Å². The number of para-hydroxylation sites is 1. The van der Waals surface area contributed by atoms with Crippen molar-refractivity contribution in [2.45, 2.75) is 40.7 Å². The predicted molar refractivity (Wildman–Crippen MR) is 80.9 cm³/mol. The molecule has 0 aliphatic heterocycles. The number of aromatic nitrogens is 2. The van der Waals surface area contributed by atoms with E-state index in [9.17, 15) is 4.79 Å². The molecule has 0 aliphatic carbocycles. The monoisotopic (exact) mass is 271 g/mol. The van der Waals surface area contributed by atoms with Crippen molar-refractivity contribution >= 4 is 11.6 Å². The van der Waals surface area contributed by atoms with E-state index in [4.69, 9.17) is 0 Å². The van der Waals surface area contributed by atoms with Gasteiger partial charge in [0, 0.05) is 24.3 Å². The third-order valence-electron chi connectivity index (χ3n) is 3.40. The van der Waals surface area contributed by atoms with E-state index in [1.165, 1.54) is 0 Å². The van der Waals surface area contributed by atoms with Crippen molar-refractivity contribution in [2.75, 3.05) is 5.32 Å². The summed E-state index contributed by atoms with van der Waals surface area (Å²) in [4.78, 5) is 12.1. The number of hydrogen-bond donors (Lipinski definition) is 1. The van der Waals surface area contributed by atoms with Gasteiger partial charge < -0.3 is 5.32 Å². The molecule has 0 atom stereocenters. The Morgan fingerprint density at radius 1 is 1.20 bits per heavy atom. The number of aryl methyl sites for hydroxylation is 5. The van der Waals surface area contributed by atoms with Gasteiger partial charge in [0.15, 0.2) is 0 Å². The van der Waals surface area contributed by atoms with Crippen LogP contribution in [0.2, 0.25) is 0 Å². The third-order valence-corrected chi connectivity index (χ3v) is 3.40. The highest BCUT2D eigenvalue weighted by molar-refractivity contribution is 5.92. The summed E-state index contributed by atoms with van der Waals surface area (Å²) in [5.74, 6) is 0.0231. The Morgan fingerprint density at radius 3 is 2.40 bits per heavy atom. The first-order valence-electron chi connectivity index (χ1n) is 6.84. The lowest BCUT2D eigenvalue weighted by molar-refractivity contribution is -0.116. The molecule has 0 bridgehead atoms. The highest BCUT2D eigenvalue weighted by Crippen LogP contribution is 2.19. The van der Waals surface area contributed by atoms with E-state index in [1.54, 1.807) is 0 Å². The Kier molecular flexibility index (Phi) is 4.23. The van der Waals surface area contributed by atoms with Crippen molar-refractivity contribution < 1.29 is 4.79 Å². The fourth-order valence-electron chi connectivity index (χ4n) is 2.32. The minimum Gasteiger partial charge on any atom is -0.326 e. The van der Waals surface area contributed by atoms with E-state index < -0.39 is 0 Å². The maximum atomic E-state index is 12.1. The molecule has 0 saturated heterocycles. The van der Waals surface area contributed by atoms with Gasteiger partial charge in [-0.25, -0.2) is 0 Å². The van der Waals surface area contributed by atoms with Gasteiger partial charge in [-0.05, 0) is 44.9 Å². The highest BCUT2D eigenvalue weighted by Gasteiger charge is 2.08. The fraction of sp³-hybridized carbons (Fsp3) is 0.375. The van der Waals surface area contributed by atoms with Crippen LogP contribution in [0, 0.1) is 27.7 Å². The largest absolute Gasteiger partial charge is 0.326 e. The summed E-state index contributed by atoms with van der Waals surface area (Å²) >= 11 is 0. The second-order valence-electron chi connectivity index (χ2n) is 5.22. The molecule has 0 fully saturated rings. The number of anilines is 1. The lowest BCUT2D eigenvalue weighted by atomic mass is 10.1. The molecule has 0 aliphatic rings. The zero-order valence-electron chi connectivity index (χ0n) is 12.5. The number of benzene rings is 1. The maximum Gasteiger partial charge on any atom is 0.226 e. The third kappa shape index (κ3) is 3.26. The van der Waals surface area contributed by atoms with Gasteiger partial charge in [-0.2, -0.15) is 5.10 Å². The molecule has 1 aromatic heterocycles. The summed E-state index contributed by atoms with van der Waals surface area (Å²) < 4.78 is 1.87. The molecule has 0 unspecified atom stereocenters. The Hall–Kier alpha value is -2.10. The molecule has 106 valence electrons. The van der Waals surface area contributed by atoms with Gasteiger partial charge in [-0.3, -0.25) is 9.48 Å². The van der Waals surface area contributed by atoms with Crippen LogP contribution >= 0.6 is 0 Å². The Labute approximate surface area is 119 Å². The van der Waals surface area contributed by atoms with E-state index in [0.29, 0.717) is 13.0 Å². The molecule has 0 saturated carbocycles. The smallest absolute Gasteiger partial charge is 0.226 e. The minimum atomic E-state index is 0.0231. The van der Waals surface area contributed by atoms with Crippen LogP contribution in [0.25, 0.3) is 0 Å². The number of amides is 1. The lowest BCUT2D eigenvalue weighted by Crippen LogP contribution is -2.16. The number of rotatable bonds is 4. The van der Waals surface area contributed by atoms with E-state index in [2.05, 4.69) is 10.4 Å². The van der Waals surface area contributed by atoms with Gasteiger partial charge >= 0.3 is 0 Å².